The van der Waals surface area contributed by atoms with E-state index in [2.05, 4.69) is 44.7 Å². The van der Waals surface area contributed by atoms with Crippen molar-refractivity contribution in [3.63, 3.8) is 0 Å². The fourth-order valence-corrected chi connectivity index (χ4v) is 4.31. The lowest BCUT2D eigenvalue weighted by Crippen LogP contribution is -2.42. The third-order valence-corrected chi connectivity index (χ3v) is 5.93. The smallest absolute Gasteiger partial charge is 0.0639 e. The third kappa shape index (κ3) is 3.02. The first-order valence-corrected chi connectivity index (χ1v) is 7.68. The van der Waals surface area contributed by atoms with Crippen LogP contribution in [0.25, 0.3) is 0 Å². The highest BCUT2D eigenvalue weighted by Crippen LogP contribution is 2.46. The Hall–Kier alpha value is -0.650. The summed E-state index contributed by atoms with van der Waals surface area (Å²) in [6, 6.07) is 10.5. The quantitative estimate of drug-likeness (QED) is 0.653. The molecule has 1 aromatic carbocycles. The molecule has 1 N–H and O–H groups in total. The number of allylic oxidation sites excluding steroid dienone is 1. The molecule has 98 valence electrons. The van der Waals surface area contributed by atoms with E-state index in [1.807, 2.05) is 6.07 Å². The number of benzene rings is 1. The minimum atomic E-state index is -0.202. The van der Waals surface area contributed by atoms with Crippen LogP contribution in [-0.2, 0) is 0 Å². The van der Waals surface area contributed by atoms with E-state index in [0.717, 1.165) is 12.8 Å². The summed E-state index contributed by atoms with van der Waals surface area (Å²) < 4.78 is 0. The van der Waals surface area contributed by atoms with E-state index in [9.17, 15) is 5.11 Å². The van der Waals surface area contributed by atoms with E-state index in [4.69, 9.17) is 0 Å². The molecule has 0 aliphatic heterocycles. The molecule has 0 saturated heterocycles. The molecule has 0 bridgehead atoms. The van der Waals surface area contributed by atoms with Crippen LogP contribution in [0.2, 0.25) is 0 Å². The van der Waals surface area contributed by atoms with E-state index >= 15 is 0 Å². The second-order valence-corrected chi connectivity index (χ2v) is 7.71. The highest BCUT2D eigenvalue weighted by Gasteiger charge is 2.39. The zero-order valence-corrected chi connectivity index (χ0v) is 12.3. The van der Waals surface area contributed by atoms with Gasteiger partial charge in [-0.2, -0.15) is 0 Å². The molecular formula is C16H23OP. The molecule has 1 aromatic rings. The van der Waals surface area contributed by atoms with Crippen LogP contribution in [0.4, 0.5) is 0 Å². The topological polar surface area (TPSA) is 20.2 Å². The summed E-state index contributed by atoms with van der Waals surface area (Å²) in [5.74, 6) is 0.508. The van der Waals surface area contributed by atoms with Gasteiger partial charge in [0.25, 0.3) is 0 Å². The van der Waals surface area contributed by atoms with Crippen molar-refractivity contribution >= 4 is 13.9 Å². The van der Waals surface area contributed by atoms with Crippen molar-refractivity contribution in [2.24, 2.45) is 5.92 Å². The minimum Gasteiger partial charge on any atom is -0.392 e. The van der Waals surface area contributed by atoms with Gasteiger partial charge in [-0.25, -0.2) is 0 Å². The summed E-state index contributed by atoms with van der Waals surface area (Å²) in [5, 5.41) is 11.9. The molecule has 4 unspecified atom stereocenters. The van der Waals surface area contributed by atoms with Crippen molar-refractivity contribution in [1.82, 2.24) is 0 Å². The zero-order valence-electron chi connectivity index (χ0n) is 11.3. The molecule has 0 spiro atoms. The van der Waals surface area contributed by atoms with Crippen molar-refractivity contribution in [2.75, 3.05) is 0 Å². The molecule has 0 aromatic heterocycles. The fourth-order valence-electron chi connectivity index (χ4n) is 2.73. The van der Waals surface area contributed by atoms with Gasteiger partial charge in [-0.3, -0.25) is 0 Å². The molecule has 0 radical (unpaired) electrons. The normalized spacial score (nSPS) is 32.8. The summed E-state index contributed by atoms with van der Waals surface area (Å²) in [5.41, 5.74) is 1.22. The summed E-state index contributed by atoms with van der Waals surface area (Å²) in [7, 11) is 0.691. The maximum Gasteiger partial charge on any atom is 0.0639 e. The van der Waals surface area contributed by atoms with Crippen molar-refractivity contribution in [3.05, 3.63) is 42.5 Å². The molecule has 1 nitrogen and oxygen atoms in total. The highest BCUT2D eigenvalue weighted by atomic mass is 31.1. The maximum atomic E-state index is 10.5. The Morgan fingerprint density at radius 1 is 1.39 bits per heavy atom. The first-order chi connectivity index (χ1) is 8.51. The van der Waals surface area contributed by atoms with Crippen LogP contribution in [0.1, 0.15) is 33.1 Å². The van der Waals surface area contributed by atoms with Crippen LogP contribution in [0, 0.1) is 5.92 Å². The van der Waals surface area contributed by atoms with E-state index in [1.54, 1.807) is 0 Å². The molecule has 4 atom stereocenters. The molecule has 0 heterocycles. The second kappa shape index (κ2) is 5.55. The predicted octanol–water partition coefficient (Wildman–Crippen LogP) is 3.49. The van der Waals surface area contributed by atoms with E-state index in [0.29, 0.717) is 14.5 Å². The monoisotopic (exact) mass is 262 g/mol. The Balaban J connectivity index is 2.06. The summed E-state index contributed by atoms with van der Waals surface area (Å²) in [6.45, 7) is 8.35. The lowest BCUT2D eigenvalue weighted by molar-refractivity contribution is 0.0786. The van der Waals surface area contributed by atoms with E-state index in [1.165, 1.54) is 17.3 Å². The molecule has 2 heteroatoms. The van der Waals surface area contributed by atoms with Gasteiger partial charge in [-0.1, -0.05) is 58.0 Å². The van der Waals surface area contributed by atoms with Crippen LogP contribution < -0.4 is 5.30 Å². The van der Waals surface area contributed by atoms with Gasteiger partial charge in [-0.15, -0.1) is 0 Å². The molecule has 18 heavy (non-hydrogen) atoms. The molecule has 0 amide bonds. The van der Waals surface area contributed by atoms with Gasteiger partial charge in [0.2, 0.25) is 0 Å². The van der Waals surface area contributed by atoms with Crippen LogP contribution in [0.5, 0.6) is 0 Å². The van der Waals surface area contributed by atoms with Crippen LogP contribution in [0.3, 0.4) is 0 Å². The van der Waals surface area contributed by atoms with E-state index in [-0.39, 0.29) is 11.3 Å². The van der Waals surface area contributed by atoms with Gasteiger partial charge in [-0.05, 0) is 37.4 Å². The van der Waals surface area contributed by atoms with Gasteiger partial charge in [0, 0.05) is 5.16 Å². The van der Waals surface area contributed by atoms with Crippen molar-refractivity contribution in [1.29, 1.82) is 0 Å². The molecular weight excluding hydrogens is 239 g/mol. The van der Waals surface area contributed by atoms with Crippen LogP contribution >= 0.6 is 8.58 Å². The number of aliphatic hydroxyl groups is 1. The van der Waals surface area contributed by atoms with E-state index < -0.39 is 0 Å². The summed E-state index contributed by atoms with van der Waals surface area (Å²) in [4.78, 5) is 0. The molecule has 1 saturated carbocycles. The number of rotatable bonds is 3. The Bertz CT molecular complexity index is 414. The first kappa shape index (κ1) is 13.8. The van der Waals surface area contributed by atoms with Crippen molar-refractivity contribution in [2.45, 2.75) is 44.4 Å². The highest BCUT2D eigenvalue weighted by molar-refractivity contribution is 7.49. The van der Waals surface area contributed by atoms with Gasteiger partial charge in [0.1, 0.15) is 0 Å². The standard InChI is InChI=1S/C16H23OP/c1-12(2)13-9-10-16(3,15(17)11-13)18-14-7-5-4-6-8-14/h4-8,13,15,17-18H,1,9-11H2,2-3H3. The largest absolute Gasteiger partial charge is 0.392 e. The number of aliphatic hydroxyl groups excluding tert-OH is 1. The second-order valence-electron chi connectivity index (χ2n) is 5.74. The molecule has 2 rings (SSSR count). The fraction of sp³-hybridized carbons (Fsp3) is 0.500. The molecule has 1 fully saturated rings. The predicted molar refractivity (Wildman–Crippen MR) is 81.0 cm³/mol. The molecule has 1 aliphatic carbocycles. The van der Waals surface area contributed by atoms with Crippen LogP contribution in [0.15, 0.2) is 42.5 Å². The molecule has 1 aliphatic rings. The number of hydrogen-bond acceptors (Lipinski definition) is 1. The Labute approximate surface area is 112 Å². The Morgan fingerprint density at radius 2 is 2.06 bits per heavy atom. The lowest BCUT2D eigenvalue weighted by Gasteiger charge is -2.42. The van der Waals surface area contributed by atoms with Gasteiger partial charge in [0.15, 0.2) is 0 Å². The average molecular weight is 262 g/mol. The SMILES string of the molecule is C=C(C)C1CCC(C)(Pc2ccccc2)C(O)C1. The van der Waals surface area contributed by atoms with Gasteiger partial charge >= 0.3 is 0 Å². The maximum absolute atomic E-state index is 10.5. The van der Waals surface area contributed by atoms with Gasteiger partial charge < -0.3 is 5.11 Å². The Morgan fingerprint density at radius 3 is 2.61 bits per heavy atom. The summed E-state index contributed by atoms with van der Waals surface area (Å²) >= 11 is 0. The minimum absolute atomic E-state index is 0.0489. The van der Waals surface area contributed by atoms with Gasteiger partial charge in [0.05, 0.1) is 6.10 Å². The zero-order chi connectivity index (χ0) is 13.2. The average Bonchev–Trinajstić information content (AvgIpc) is 2.34. The lowest BCUT2D eigenvalue weighted by atomic mass is 9.77. The third-order valence-electron chi connectivity index (χ3n) is 4.16. The first-order valence-electron chi connectivity index (χ1n) is 6.68. The van der Waals surface area contributed by atoms with Crippen molar-refractivity contribution < 1.29 is 5.11 Å². The van der Waals surface area contributed by atoms with Crippen LogP contribution in [-0.4, -0.2) is 16.4 Å². The van der Waals surface area contributed by atoms with Crippen molar-refractivity contribution in [3.8, 4) is 0 Å². The number of hydrogen-bond donors (Lipinski definition) is 1. The summed E-state index contributed by atoms with van der Waals surface area (Å²) in [6.07, 6.45) is 2.94. The Kier molecular flexibility index (Phi) is 4.25.